The first kappa shape index (κ1) is 17.7. The zero-order valence-corrected chi connectivity index (χ0v) is 13.4. The molecule has 0 bridgehead atoms. The Bertz CT molecular complexity index is 405. The molecule has 0 fully saturated rings. The molecule has 1 amide bonds. The van der Waals surface area contributed by atoms with Crippen molar-refractivity contribution in [3.63, 3.8) is 0 Å². The summed E-state index contributed by atoms with van der Waals surface area (Å²) in [6, 6.07) is 9.64. The van der Waals surface area contributed by atoms with E-state index < -0.39 is 6.04 Å². The second-order valence-electron chi connectivity index (χ2n) is 5.29. The number of nitrogens with zero attached hydrogens (tertiary/aromatic N) is 1. The van der Waals surface area contributed by atoms with Gasteiger partial charge in [0.15, 0.2) is 0 Å². The second-order valence-corrected chi connectivity index (χ2v) is 5.29. The maximum absolute atomic E-state index is 12.7. The van der Waals surface area contributed by atoms with Crippen LogP contribution >= 0.6 is 0 Å². The fourth-order valence-corrected chi connectivity index (χ4v) is 2.56. The van der Waals surface area contributed by atoms with Gasteiger partial charge in [0.2, 0.25) is 5.91 Å². The first-order chi connectivity index (χ1) is 10.1. The van der Waals surface area contributed by atoms with Crippen molar-refractivity contribution >= 4 is 5.91 Å². The molecule has 0 saturated carbocycles. The van der Waals surface area contributed by atoms with E-state index in [1.165, 1.54) is 0 Å². The SMILES string of the molecule is CCC(CC)N(CCOC)C(=O)[C@@H](N)Cc1ccccc1. The summed E-state index contributed by atoms with van der Waals surface area (Å²) in [6.45, 7) is 5.35. The highest BCUT2D eigenvalue weighted by Gasteiger charge is 2.25. The van der Waals surface area contributed by atoms with Crippen LogP contribution < -0.4 is 5.73 Å². The first-order valence-electron chi connectivity index (χ1n) is 7.72. The maximum atomic E-state index is 12.7. The Kier molecular flexibility index (Phi) is 8.01. The quantitative estimate of drug-likeness (QED) is 0.759. The summed E-state index contributed by atoms with van der Waals surface area (Å²) in [7, 11) is 1.65. The van der Waals surface area contributed by atoms with Crippen molar-refractivity contribution in [2.45, 2.75) is 45.2 Å². The van der Waals surface area contributed by atoms with Crippen LogP contribution in [0.3, 0.4) is 0 Å². The number of hydrogen-bond acceptors (Lipinski definition) is 3. The van der Waals surface area contributed by atoms with Crippen molar-refractivity contribution in [2.75, 3.05) is 20.3 Å². The maximum Gasteiger partial charge on any atom is 0.240 e. The molecule has 0 spiro atoms. The van der Waals surface area contributed by atoms with Gasteiger partial charge < -0.3 is 15.4 Å². The molecule has 21 heavy (non-hydrogen) atoms. The van der Waals surface area contributed by atoms with Crippen LogP contribution in [0.25, 0.3) is 0 Å². The average Bonchev–Trinajstić information content (AvgIpc) is 2.51. The summed E-state index contributed by atoms with van der Waals surface area (Å²) in [5.74, 6) is 0.0182. The van der Waals surface area contributed by atoms with E-state index in [4.69, 9.17) is 10.5 Å². The van der Waals surface area contributed by atoms with Gasteiger partial charge in [-0.05, 0) is 24.8 Å². The predicted molar refractivity (Wildman–Crippen MR) is 86.1 cm³/mol. The molecule has 0 heterocycles. The second kappa shape index (κ2) is 9.53. The summed E-state index contributed by atoms with van der Waals surface area (Å²) in [6.07, 6.45) is 2.44. The Balaban J connectivity index is 2.73. The Morgan fingerprint density at radius 2 is 1.86 bits per heavy atom. The lowest BCUT2D eigenvalue weighted by atomic mass is 10.0. The smallest absolute Gasteiger partial charge is 0.240 e. The molecule has 0 aliphatic rings. The van der Waals surface area contributed by atoms with Gasteiger partial charge in [-0.3, -0.25) is 4.79 Å². The van der Waals surface area contributed by atoms with Crippen LogP contribution in [0.1, 0.15) is 32.3 Å². The average molecular weight is 292 g/mol. The molecule has 4 heteroatoms. The van der Waals surface area contributed by atoms with E-state index in [1.54, 1.807) is 7.11 Å². The van der Waals surface area contributed by atoms with Gasteiger partial charge in [-0.25, -0.2) is 0 Å². The van der Waals surface area contributed by atoms with E-state index in [9.17, 15) is 4.79 Å². The summed E-state index contributed by atoms with van der Waals surface area (Å²) in [4.78, 5) is 14.5. The Hall–Kier alpha value is -1.39. The first-order valence-corrected chi connectivity index (χ1v) is 7.72. The highest BCUT2D eigenvalue weighted by Crippen LogP contribution is 2.12. The number of carbonyl (C=O) groups excluding carboxylic acids is 1. The molecular formula is C17H28N2O2. The van der Waals surface area contributed by atoms with Crippen molar-refractivity contribution in [2.24, 2.45) is 5.73 Å². The number of ether oxygens (including phenoxy) is 1. The third-order valence-electron chi connectivity index (χ3n) is 3.82. The van der Waals surface area contributed by atoms with Crippen LogP contribution in [-0.4, -0.2) is 43.2 Å². The summed E-state index contributed by atoms with van der Waals surface area (Å²) < 4.78 is 5.12. The van der Waals surface area contributed by atoms with Crippen LogP contribution in [0, 0.1) is 0 Å². The highest BCUT2D eigenvalue weighted by atomic mass is 16.5. The topological polar surface area (TPSA) is 55.6 Å². The minimum Gasteiger partial charge on any atom is -0.383 e. The fourth-order valence-electron chi connectivity index (χ4n) is 2.56. The number of amides is 1. The Morgan fingerprint density at radius 1 is 1.24 bits per heavy atom. The molecular weight excluding hydrogens is 264 g/mol. The van der Waals surface area contributed by atoms with Crippen molar-refractivity contribution in [1.82, 2.24) is 4.90 Å². The van der Waals surface area contributed by atoms with E-state index in [0.29, 0.717) is 19.6 Å². The Morgan fingerprint density at radius 3 is 2.38 bits per heavy atom. The van der Waals surface area contributed by atoms with Crippen LogP contribution in [0.15, 0.2) is 30.3 Å². The number of nitrogens with two attached hydrogens (primary N) is 1. The summed E-state index contributed by atoms with van der Waals surface area (Å²) >= 11 is 0. The number of hydrogen-bond donors (Lipinski definition) is 1. The molecule has 1 atom stereocenters. The van der Waals surface area contributed by atoms with Crippen LogP contribution in [0.4, 0.5) is 0 Å². The minimum atomic E-state index is -0.496. The molecule has 4 nitrogen and oxygen atoms in total. The molecule has 0 aliphatic heterocycles. The number of rotatable bonds is 9. The van der Waals surface area contributed by atoms with Gasteiger partial charge in [-0.1, -0.05) is 44.2 Å². The van der Waals surface area contributed by atoms with Gasteiger partial charge in [0, 0.05) is 19.7 Å². The highest BCUT2D eigenvalue weighted by molar-refractivity contribution is 5.82. The van der Waals surface area contributed by atoms with E-state index in [1.807, 2.05) is 35.2 Å². The van der Waals surface area contributed by atoms with E-state index in [0.717, 1.165) is 18.4 Å². The molecule has 118 valence electrons. The van der Waals surface area contributed by atoms with E-state index in [-0.39, 0.29) is 11.9 Å². The van der Waals surface area contributed by atoms with Gasteiger partial charge in [-0.2, -0.15) is 0 Å². The van der Waals surface area contributed by atoms with E-state index >= 15 is 0 Å². The van der Waals surface area contributed by atoms with Gasteiger partial charge in [-0.15, -0.1) is 0 Å². The van der Waals surface area contributed by atoms with Crippen LogP contribution in [0.5, 0.6) is 0 Å². The van der Waals surface area contributed by atoms with Gasteiger partial charge in [0.05, 0.1) is 12.6 Å². The zero-order valence-electron chi connectivity index (χ0n) is 13.4. The molecule has 0 aromatic heterocycles. The van der Waals surface area contributed by atoms with Gasteiger partial charge >= 0.3 is 0 Å². The lowest BCUT2D eigenvalue weighted by Crippen LogP contribution is -2.50. The van der Waals surface area contributed by atoms with Crippen molar-refractivity contribution in [3.05, 3.63) is 35.9 Å². The van der Waals surface area contributed by atoms with Crippen molar-refractivity contribution < 1.29 is 9.53 Å². The predicted octanol–water partition coefficient (Wildman–Crippen LogP) is 2.22. The van der Waals surface area contributed by atoms with Crippen LogP contribution in [0.2, 0.25) is 0 Å². The zero-order chi connectivity index (χ0) is 15.7. The Labute approximate surface area is 128 Å². The lowest BCUT2D eigenvalue weighted by molar-refractivity contribution is -0.135. The molecule has 0 aliphatic carbocycles. The monoisotopic (exact) mass is 292 g/mol. The molecule has 1 aromatic carbocycles. The normalized spacial score (nSPS) is 12.4. The minimum absolute atomic E-state index is 0.0182. The number of benzene rings is 1. The number of carbonyl (C=O) groups is 1. The summed E-state index contributed by atoms with van der Waals surface area (Å²) in [5, 5.41) is 0. The van der Waals surface area contributed by atoms with E-state index in [2.05, 4.69) is 13.8 Å². The summed E-state index contributed by atoms with van der Waals surface area (Å²) in [5.41, 5.74) is 7.23. The molecule has 2 N–H and O–H groups in total. The van der Waals surface area contributed by atoms with Crippen LogP contribution in [-0.2, 0) is 16.0 Å². The molecule has 0 unspecified atom stereocenters. The number of methoxy groups -OCH3 is 1. The van der Waals surface area contributed by atoms with Gasteiger partial charge in [0.25, 0.3) is 0 Å². The third-order valence-corrected chi connectivity index (χ3v) is 3.82. The molecule has 1 aromatic rings. The largest absolute Gasteiger partial charge is 0.383 e. The standard InChI is InChI=1S/C17H28N2O2/c1-4-15(5-2)19(11-12-21-3)17(20)16(18)13-14-9-7-6-8-10-14/h6-10,15-16H,4-5,11-13,18H2,1-3H3/t16-/m0/s1. The van der Waals surface area contributed by atoms with Gasteiger partial charge in [0.1, 0.15) is 0 Å². The molecule has 0 radical (unpaired) electrons. The van der Waals surface area contributed by atoms with Crippen molar-refractivity contribution in [1.29, 1.82) is 0 Å². The van der Waals surface area contributed by atoms with Crippen molar-refractivity contribution in [3.8, 4) is 0 Å². The lowest BCUT2D eigenvalue weighted by Gasteiger charge is -2.32. The molecule has 0 saturated heterocycles. The third kappa shape index (κ3) is 5.48. The molecule has 1 rings (SSSR count). The fraction of sp³-hybridized carbons (Fsp3) is 0.588.